The lowest BCUT2D eigenvalue weighted by atomic mass is 10.2. The standard InChI is InChI=1S/C25H22NP/c1-4-10-21(11-5-1)20-26-22-16-18-25(19-17-22)27(23-12-6-2-7-13-23)24-14-8-3-9-15-24/h1-19,26H,20H2. The Labute approximate surface area is 162 Å². The molecule has 0 spiro atoms. The number of nitrogens with one attached hydrogen (secondary N) is 1. The fourth-order valence-corrected chi connectivity index (χ4v) is 5.41. The molecule has 0 amide bonds. The van der Waals surface area contributed by atoms with Crippen molar-refractivity contribution in [2.24, 2.45) is 0 Å². The predicted octanol–water partition coefficient (Wildman–Crippen LogP) is 5.06. The van der Waals surface area contributed by atoms with Crippen LogP contribution in [0.5, 0.6) is 0 Å². The van der Waals surface area contributed by atoms with Crippen molar-refractivity contribution in [2.45, 2.75) is 6.54 Å². The first kappa shape index (κ1) is 17.5. The van der Waals surface area contributed by atoms with Gasteiger partial charge in [0.25, 0.3) is 0 Å². The van der Waals surface area contributed by atoms with Crippen LogP contribution in [0, 0.1) is 0 Å². The number of rotatable bonds is 6. The summed E-state index contributed by atoms with van der Waals surface area (Å²) in [5.41, 5.74) is 2.44. The maximum atomic E-state index is 3.51. The average Bonchev–Trinajstić information content (AvgIpc) is 2.76. The topological polar surface area (TPSA) is 12.0 Å². The molecule has 0 radical (unpaired) electrons. The molecule has 0 aromatic heterocycles. The highest BCUT2D eigenvalue weighted by Gasteiger charge is 2.15. The minimum Gasteiger partial charge on any atom is -0.381 e. The third-order valence-electron chi connectivity index (χ3n) is 4.49. The van der Waals surface area contributed by atoms with Gasteiger partial charge in [0.2, 0.25) is 0 Å². The lowest BCUT2D eigenvalue weighted by Crippen LogP contribution is -2.20. The van der Waals surface area contributed by atoms with E-state index in [1.807, 2.05) is 6.07 Å². The van der Waals surface area contributed by atoms with Gasteiger partial charge in [-0.25, -0.2) is 0 Å². The lowest BCUT2D eigenvalue weighted by Gasteiger charge is -2.19. The molecule has 0 saturated carbocycles. The Balaban J connectivity index is 1.58. The van der Waals surface area contributed by atoms with Gasteiger partial charge in [-0.1, -0.05) is 103 Å². The van der Waals surface area contributed by atoms with Crippen LogP contribution < -0.4 is 21.2 Å². The van der Waals surface area contributed by atoms with Gasteiger partial charge in [0.1, 0.15) is 0 Å². The Morgan fingerprint density at radius 1 is 0.481 bits per heavy atom. The van der Waals surface area contributed by atoms with Gasteiger partial charge in [0.15, 0.2) is 0 Å². The summed E-state index contributed by atoms with van der Waals surface area (Å²) in [5.74, 6) is 0. The summed E-state index contributed by atoms with van der Waals surface area (Å²) in [7, 11) is -0.539. The van der Waals surface area contributed by atoms with E-state index in [0.29, 0.717) is 0 Å². The minimum atomic E-state index is -0.539. The number of hydrogen-bond donors (Lipinski definition) is 1. The Morgan fingerprint density at radius 2 is 0.926 bits per heavy atom. The quantitative estimate of drug-likeness (QED) is 0.470. The van der Waals surface area contributed by atoms with Crippen LogP contribution in [-0.2, 0) is 6.54 Å². The summed E-state index contributed by atoms with van der Waals surface area (Å²) in [6.45, 7) is 0.840. The van der Waals surface area contributed by atoms with E-state index in [1.165, 1.54) is 21.5 Å². The maximum absolute atomic E-state index is 3.51. The van der Waals surface area contributed by atoms with Crippen LogP contribution in [-0.4, -0.2) is 0 Å². The van der Waals surface area contributed by atoms with Crippen LogP contribution >= 0.6 is 7.92 Å². The maximum Gasteiger partial charge on any atom is 0.0400 e. The third-order valence-corrected chi connectivity index (χ3v) is 6.94. The number of hydrogen-bond acceptors (Lipinski definition) is 1. The molecular formula is C25H22NP. The number of anilines is 1. The largest absolute Gasteiger partial charge is 0.381 e. The SMILES string of the molecule is c1ccc(CNc2ccc(P(c3ccccc3)c3ccccc3)cc2)cc1. The van der Waals surface area contributed by atoms with Crippen LogP contribution in [0.3, 0.4) is 0 Å². The molecule has 0 aliphatic carbocycles. The Morgan fingerprint density at radius 3 is 1.44 bits per heavy atom. The Bertz CT molecular complexity index is 912. The first-order chi connectivity index (χ1) is 13.4. The third kappa shape index (κ3) is 4.45. The van der Waals surface area contributed by atoms with E-state index in [9.17, 15) is 0 Å². The van der Waals surface area contributed by atoms with Crippen molar-refractivity contribution in [3.05, 3.63) is 121 Å². The van der Waals surface area contributed by atoms with Crippen molar-refractivity contribution >= 4 is 29.5 Å². The lowest BCUT2D eigenvalue weighted by molar-refractivity contribution is 1.15. The van der Waals surface area contributed by atoms with Crippen LogP contribution in [0.2, 0.25) is 0 Å². The minimum absolute atomic E-state index is 0.539. The molecule has 1 nitrogen and oxygen atoms in total. The second kappa shape index (κ2) is 8.66. The highest BCUT2D eigenvalue weighted by atomic mass is 31.1. The van der Waals surface area contributed by atoms with E-state index >= 15 is 0 Å². The first-order valence-corrected chi connectivity index (χ1v) is 10.5. The molecule has 4 rings (SSSR count). The molecule has 0 heterocycles. The van der Waals surface area contributed by atoms with Crippen molar-refractivity contribution < 1.29 is 0 Å². The molecule has 0 fully saturated rings. The zero-order chi connectivity index (χ0) is 18.3. The first-order valence-electron chi connectivity index (χ1n) is 9.18. The van der Waals surface area contributed by atoms with Crippen LogP contribution in [0.1, 0.15) is 5.56 Å². The fourth-order valence-electron chi connectivity index (χ4n) is 3.13. The second-order valence-electron chi connectivity index (χ2n) is 6.39. The summed E-state index contributed by atoms with van der Waals surface area (Å²) in [6, 6.07) is 41.0. The average molecular weight is 367 g/mol. The molecule has 27 heavy (non-hydrogen) atoms. The highest BCUT2D eigenvalue weighted by molar-refractivity contribution is 7.79. The molecule has 0 aliphatic heterocycles. The zero-order valence-electron chi connectivity index (χ0n) is 15.1. The molecule has 0 unspecified atom stereocenters. The smallest absolute Gasteiger partial charge is 0.0400 e. The van der Waals surface area contributed by atoms with E-state index in [1.54, 1.807) is 0 Å². The molecule has 0 atom stereocenters. The van der Waals surface area contributed by atoms with Gasteiger partial charge >= 0.3 is 0 Å². The molecule has 4 aromatic carbocycles. The molecule has 0 saturated heterocycles. The monoisotopic (exact) mass is 367 g/mol. The molecule has 132 valence electrons. The van der Waals surface area contributed by atoms with E-state index in [4.69, 9.17) is 0 Å². The number of benzene rings is 4. The summed E-state index contributed by atoms with van der Waals surface area (Å²) < 4.78 is 0. The molecule has 0 aliphatic rings. The summed E-state index contributed by atoms with van der Waals surface area (Å²) in [5, 5.41) is 7.64. The van der Waals surface area contributed by atoms with Crippen molar-refractivity contribution in [1.29, 1.82) is 0 Å². The van der Waals surface area contributed by atoms with Gasteiger partial charge in [0, 0.05) is 12.2 Å². The van der Waals surface area contributed by atoms with E-state index in [-0.39, 0.29) is 0 Å². The van der Waals surface area contributed by atoms with Gasteiger partial charge in [0.05, 0.1) is 0 Å². The van der Waals surface area contributed by atoms with E-state index < -0.39 is 7.92 Å². The predicted molar refractivity (Wildman–Crippen MR) is 119 cm³/mol. The van der Waals surface area contributed by atoms with Gasteiger partial charge in [-0.3, -0.25) is 0 Å². The van der Waals surface area contributed by atoms with E-state index in [0.717, 1.165) is 12.2 Å². The second-order valence-corrected chi connectivity index (χ2v) is 8.61. The summed E-state index contributed by atoms with van der Waals surface area (Å²) >= 11 is 0. The van der Waals surface area contributed by atoms with Crippen molar-refractivity contribution in [2.75, 3.05) is 5.32 Å². The Kier molecular flexibility index (Phi) is 5.62. The van der Waals surface area contributed by atoms with Gasteiger partial charge in [-0.2, -0.15) is 0 Å². The molecular weight excluding hydrogens is 345 g/mol. The van der Waals surface area contributed by atoms with Crippen molar-refractivity contribution in [3.63, 3.8) is 0 Å². The summed E-state index contributed by atoms with van der Waals surface area (Å²) in [6.07, 6.45) is 0. The molecule has 1 N–H and O–H groups in total. The molecule has 2 heteroatoms. The fraction of sp³-hybridized carbons (Fsp3) is 0.0400. The van der Waals surface area contributed by atoms with Crippen LogP contribution in [0.25, 0.3) is 0 Å². The van der Waals surface area contributed by atoms with Crippen molar-refractivity contribution in [1.82, 2.24) is 0 Å². The normalized spacial score (nSPS) is 10.7. The van der Waals surface area contributed by atoms with Gasteiger partial charge in [-0.15, -0.1) is 0 Å². The van der Waals surface area contributed by atoms with Crippen LogP contribution in [0.15, 0.2) is 115 Å². The zero-order valence-corrected chi connectivity index (χ0v) is 16.0. The van der Waals surface area contributed by atoms with Gasteiger partial charge < -0.3 is 5.32 Å². The molecule has 4 aromatic rings. The summed E-state index contributed by atoms with van der Waals surface area (Å²) in [4.78, 5) is 0. The van der Waals surface area contributed by atoms with Crippen molar-refractivity contribution in [3.8, 4) is 0 Å². The van der Waals surface area contributed by atoms with Gasteiger partial charge in [-0.05, 0) is 41.5 Å². The van der Waals surface area contributed by atoms with E-state index in [2.05, 4.69) is 115 Å². The Hall–Kier alpha value is -2.89. The molecule has 0 bridgehead atoms. The highest BCUT2D eigenvalue weighted by Crippen LogP contribution is 2.32. The van der Waals surface area contributed by atoms with Crippen LogP contribution in [0.4, 0.5) is 5.69 Å².